The highest BCUT2D eigenvalue weighted by atomic mass is 19.1. The predicted octanol–water partition coefficient (Wildman–Crippen LogP) is 4.97. The molecule has 1 aliphatic rings. The minimum absolute atomic E-state index is 0.0212. The van der Waals surface area contributed by atoms with Crippen molar-refractivity contribution in [3.05, 3.63) is 11.9 Å². The number of allylic oxidation sites excluding steroid dienone is 2. The summed E-state index contributed by atoms with van der Waals surface area (Å²) in [5, 5.41) is 0. The first kappa shape index (κ1) is 32.7. The van der Waals surface area contributed by atoms with Gasteiger partial charge in [-0.15, -0.1) is 10.9 Å². The van der Waals surface area contributed by atoms with Crippen molar-refractivity contribution in [3.8, 4) is 11.8 Å². The van der Waals surface area contributed by atoms with Crippen LogP contribution in [0, 0.1) is 17.8 Å². The summed E-state index contributed by atoms with van der Waals surface area (Å²) in [6.07, 6.45) is -2.86. The average molecular weight is 542 g/mol. The van der Waals surface area contributed by atoms with Crippen molar-refractivity contribution >= 4 is 24.2 Å². The molecule has 4 amide bonds. The predicted molar refractivity (Wildman–Crippen MR) is 140 cm³/mol. The summed E-state index contributed by atoms with van der Waals surface area (Å²) in [5.41, 5.74) is -1.80. The highest BCUT2D eigenvalue weighted by Gasteiger charge is 2.36. The molecule has 10 nitrogen and oxygen atoms in total. The van der Waals surface area contributed by atoms with Crippen molar-refractivity contribution in [2.45, 2.75) is 79.2 Å². The third kappa shape index (κ3) is 10.6. The van der Waals surface area contributed by atoms with Gasteiger partial charge in [0.05, 0.1) is 13.3 Å². The van der Waals surface area contributed by atoms with Gasteiger partial charge in [0.15, 0.2) is 0 Å². The Morgan fingerprint density at radius 1 is 1.11 bits per heavy atom. The van der Waals surface area contributed by atoms with Crippen molar-refractivity contribution in [2.24, 2.45) is 10.9 Å². The molecule has 214 valence electrons. The Kier molecular flexibility index (Phi) is 11.6. The van der Waals surface area contributed by atoms with Gasteiger partial charge in [-0.3, -0.25) is 0 Å². The van der Waals surface area contributed by atoms with Gasteiger partial charge < -0.3 is 24.2 Å². The van der Waals surface area contributed by atoms with Crippen LogP contribution in [-0.4, -0.2) is 95.1 Å². The number of rotatable bonds is 5. The van der Waals surface area contributed by atoms with Crippen molar-refractivity contribution < 1.29 is 32.6 Å². The molecule has 0 bridgehead atoms. The Morgan fingerprint density at radius 2 is 1.63 bits per heavy atom. The zero-order valence-corrected chi connectivity index (χ0v) is 24.1. The third-order valence-corrected chi connectivity index (χ3v) is 5.10. The molecule has 0 spiro atoms. The van der Waals surface area contributed by atoms with Crippen LogP contribution in [0.4, 0.5) is 23.2 Å². The Morgan fingerprint density at radius 3 is 2.11 bits per heavy atom. The summed E-state index contributed by atoms with van der Waals surface area (Å²) < 4.78 is 40.3. The molecule has 2 atom stereocenters. The molecule has 0 radical (unpaired) electrons. The zero-order chi connectivity index (χ0) is 29.4. The van der Waals surface area contributed by atoms with Crippen LogP contribution < -0.4 is 0 Å². The van der Waals surface area contributed by atoms with E-state index in [0.717, 1.165) is 11.0 Å². The first-order valence-electron chi connectivity index (χ1n) is 12.3. The molecule has 0 aliphatic carbocycles. The van der Waals surface area contributed by atoms with E-state index in [4.69, 9.17) is 9.47 Å². The van der Waals surface area contributed by atoms with E-state index in [9.17, 15) is 18.8 Å². The van der Waals surface area contributed by atoms with Gasteiger partial charge in [0, 0.05) is 32.6 Å². The number of alkyl halides is 1. The van der Waals surface area contributed by atoms with Crippen LogP contribution in [-0.2, 0) is 9.47 Å². The van der Waals surface area contributed by atoms with Crippen LogP contribution >= 0.6 is 0 Å². The van der Waals surface area contributed by atoms with E-state index in [-0.39, 0.29) is 38.3 Å². The van der Waals surface area contributed by atoms with Crippen molar-refractivity contribution in [3.63, 3.8) is 0 Å². The number of aliphatic imine (C=N–C) groups is 1. The maximum Gasteiger partial charge on any atom is 0.437 e. The molecule has 0 aromatic carbocycles. The van der Waals surface area contributed by atoms with Gasteiger partial charge >= 0.3 is 18.2 Å². The maximum atomic E-state index is 15.1. The van der Waals surface area contributed by atoms with Crippen LogP contribution in [0.5, 0.6) is 0 Å². The Hall–Kier alpha value is -3.36. The lowest BCUT2D eigenvalue weighted by Crippen LogP contribution is -2.61. The number of carbonyl (C=O) groups is 3. The Balaban J connectivity index is 3.47. The van der Waals surface area contributed by atoms with Crippen LogP contribution in [0.2, 0.25) is 0 Å². The molecule has 1 aliphatic heterocycles. The van der Waals surface area contributed by atoms with E-state index in [1.165, 1.54) is 28.5 Å². The van der Waals surface area contributed by atoms with E-state index in [1.807, 2.05) is 0 Å². The number of nitrogens with zero attached hydrogens (tertiary/aromatic N) is 5. The number of hydrogen-bond donors (Lipinski definition) is 0. The molecule has 1 heterocycles. The summed E-state index contributed by atoms with van der Waals surface area (Å²) >= 11 is 0. The topological polar surface area (TPSA) is 95.0 Å². The summed E-state index contributed by atoms with van der Waals surface area (Å²) in [5.74, 6) is 2.94. The van der Waals surface area contributed by atoms with Gasteiger partial charge in [-0.1, -0.05) is 12.8 Å². The highest BCUT2D eigenvalue weighted by molar-refractivity contribution is 5.99. The lowest BCUT2D eigenvalue weighted by molar-refractivity contribution is 0.0298. The lowest BCUT2D eigenvalue weighted by atomic mass is 10.0. The third-order valence-electron chi connectivity index (χ3n) is 5.10. The van der Waals surface area contributed by atoms with E-state index in [2.05, 4.69) is 16.8 Å². The molecule has 0 aromatic rings. The molecule has 0 saturated carbocycles. The molecule has 0 aromatic heterocycles. The van der Waals surface area contributed by atoms with Crippen LogP contribution in [0.15, 0.2) is 16.9 Å². The molecule has 1 fully saturated rings. The summed E-state index contributed by atoms with van der Waals surface area (Å²) in [6, 6.07) is -0.281. The fraction of sp³-hybridized carbons (Fsp3) is 0.692. The second-order valence-corrected chi connectivity index (χ2v) is 11.0. The monoisotopic (exact) mass is 541 g/mol. The van der Waals surface area contributed by atoms with Crippen molar-refractivity contribution in [2.75, 3.05) is 34.0 Å². The fourth-order valence-electron chi connectivity index (χ4n) is 3.30. The number of urea groups is 1. The Labute approximate surface area is 224 Å². The second kappa shape index (κ2) is 13.4. The SMILES string of the molecule is CC#C/C=C(/F)C(C)C(F)CCN(C(=O)OC(C)(C)C)C(=NC(=O)OC(C)(C)C)N1CN(C)C(=O)N(C)C1. The van der Waals surface area contributed by atoms with E-state index >= 15 is 4.39 Å². The van der Waals surface area contributed by atoms with Gasteiger partial charge in [-0.2, -0.15) is 0 Å². The van der Waals surface area contributed by atoms with Crippen molar-refractivity contribution in [1.82, 2.24) is 19.6 Å². The average Bonchev–Trinajstić information content (AvgIpc) is 2.76. The standard InChI is InChI=1S/C26H41F2N5O5/c1-11-12-13-19(27)18(2)20(28)14-15-33(24(36)38-26(6,7)8)21(29-22(34)37-25(3,4)5)32-16-30(9)23(35)31(10)17-32/h13,18,20H,14-17H2,1-10H3/b19-13+,29-21?. The molecule has 1 saturated heterocycles. The molecular weight excluding hydrogens is 500 g/mol. The minimum Gasteiger partial charge on any atom is -0.443 e. The molecular formula is C26H41F2N5O5. The van der Waals surface area contributed by atoms with Gasteiger partial charge in [0.1, 0.15) is 23.2 Å². The summed E-state index contributed by atoms with van der Waals surface area (Å²) in [4.78, 5) is 47.6. The second-order valence-electron chi connectivity index (χ2n) is 11.0. The highest BCUT2D eigenvalue weighted by Crippen LogP contribution is 2.23. The van der Waals surface area contributed by atoms with Crippen LogP contribution in [0.25, 0.3) is 0 Å². The normalized spacial score (nSPS) is 16.9. The largest absolute Gasteiger partial charge is 0.443 e. The number of amides is 4. The van der Waals surface area contributed by atoms with Crippen LogP contribution in [0.1, 0.15) is 61.8 Å². The van der Waals surface area contributed by atoms with E-state index in [1.54, 1.807) is 55.6 Å². The van der Waals surface area contributed by atoms with Crippen LogP contribution in [0.3, 0.4) is 0 Å². The van der Waals surface area contributed by atoms with Gasteiger partial charge in [0.25, 0.3) is 0 Å². The number of hydrogen-bond acceptors (Lipinski definition) is 5. The number of ether oxygens (including phenoxy) is 2. The molecule has 2 unspecified atom stereocenters. The van der Waals surface area contributed by atoms with Gasteiger partial charge in [0.2, 0.25) is 5.96 Å². The summed E-state index contributed by atoms with van der Waals surface area (Å²) in [6.45, 7) is 12.5. The van der Waals surface area contributed by atoms with Gasteiger partial charge in [-0.05, 0) is 54.9 Å². The summed E-state index contributed by atoms with van der Waals surface area (Å²) in [7, 11) is 3.09. The van der Waals surface area contributed by atoms with Gasteiger partial charge in [-0.25, -0.2) is 28.1 Å². The minimum atomic E-state index is -1.69. The first-order chi connectivity index (χ1) is 17.4. The fourth-order valence-corrected chi connectivity index (χ4v) is 3.30. The maximum absolute atomic E-state index is 15.1. The molecule has 38 heavy (non-hydrogen) atoms. The smallest absolute Gasteiger partial charge is 0.437 e. The lowest BCUT2D eigenvalue weighted by Gasteiger charge is -2.42. The first-order valence-corrected chi connectivity index (χ1v) is 12.3. The number of carbonyl (C=O) groups excluding carboxylic acids is 3. The molecule has 12 heteroatoms. The number of guanidine groups is 1. The van der Waals surface area contributed by atoms with E-state index < -0.39 is 41.3 Å². The Bertz CT molecular complexity index is 977. The molecule has 1 rings (SSSR count). The number of halogens is 2. The molecule has 0 N–H and O–H groups in total. The zero-order valence-electron chi connectivity index (χ0n) is 24.1. The quantitative estimate of drug-likeness (QED) is 0.277. The van der Waals surface area contributed by atoms with E-state index in [0.29, 0.717) is 0 Å². The van der Waals surface area contributed by atoms with Crippen molar-refractivity contribution in [1.29, 1.82) is 0 Å².